The van der Waals surface area contributed by atoms with Gasteiger partial charge >= 0.3 is 10.1 Å². The van der Waals surface area contributed by atoms with E-state index >= 15 is 4.39 Å². The van der Waals surface area contributed by atoms with Gasteiger partial charge in [0.05, 0.1) is 17.0 Å². The molecular formula is C15H12F8O3S. The van der Waals surface area contributed by atoms with Crippen molar-refractivity contribution >= 4 is 15.9 Å². The van der Waals surface area contributed by atoms with E-state index in [0.717, 1.165) is 0 Å². The Morgan fingerprint density at radius 1 is 0.963 bits per heavy atom. The van der Waals surface area contributed by atoms with Gasteiger partial charge in [0.1, 0.15) is 5.83 Å². The summed E-state index contributed by atoms with van der Waals surface area (Å²) >= 11 is 0. The summed E-state index contributed by atoms with van der Waals surface area (Å²) in [5, 5.41) is -4.58. The number of alkyl halides is 1. The quantitative estimate of drug-likeness (QED) is 0.265. The van der Waals surface area contributed by atoms with Crippen LogP contribution in [0.15, 0.2) is 5.83 Å². The van der Waals surface area contributed by atoms with Crippen molar-refractivity contribution in [2.24, 2.45) is 5.92 Å². The van der Waals surface area contributed by atoms with E-state index in [1.807, 2.05) is 0 Å². The zero-order chi connectivity index (χ0) is 20.7. The highest BCUT2D eigenvalue weighted by Gasteiger charge is 2.63. The van der Waals surface area contributed by atoms with Gasteiger partial charge in [0.15, 0.2) is 29.1 Å². The van der Waals surface area contributed by atoms with E-state index in [1.54, 1.807) is 6.92 Å². The van der Waals surface area contributed by atoms with Crippen LogP contribution in [0.3, 0.4) is 0 Å². The lowest BCUT2D eigenvalue weighted by Gasteiger charge is -2.35. The van der Waals surface area contributed by atoms with Crippen molar-refractivity contribution in [2.45, 2.75) is 37.6 Å². The molecule has 0 N–H and O–H groups in total. The van der Waals surface area contributed by atoms with Gasteiger partial charge in [-0.05, 0) is 10.9 Å². The van der Waals surface area contributed by atoms with E-state index in [9.17, 15) is 39.3 Å². The van der Waals surface area contributed by atoms with Crippen LogP contribution in [0, 0.1) is 29.2 Å². The molecule has 2 rings (SSSR count). The predicted molar refractivity (Wildman–Crippen MR) is 76.9 cm³/mol. The first-order valence-corrected chi connectivity index (χ1v) is 9.03. The third-order valence-corrected chi connectivity index (χ3v) is 5.72. The summed E-state index contributed by atoms with van der Waals surface area (Å²) in [6.45, 7) is 1.65. The van der Waals surface area contributed by atoms with Gasteiger partial charge in [-0.3, -0.25) is 0 Å². The van der Waals surface area contributed by atoms with Crippen LogP contribution in [0.25, 0.3) is 5.83 Å². The van der Waals surface area contributed by atoms with Gasteiger partial charge in [-0.2, -0.15) is 8.42 Å². The van der Waals surface area contributed by atoms with Crippen LogP contribution in [0.2, 0.25) is 0 Å². The fourth-order valence-corrected chi connectivity index (χ4v) is 4.13. The molecule has 1 aliphatic carbocycles. The molecule has 27 heavy (non-hydrogen) atoms. The maximum absolute atomic E-state index is 15.5. The number of fused-ring (bicyclic) bond motifs is 1. The summed E-state index contributed by atoms with van der Waals surface area (Å²) in [7, 11) is -6.22. The van der Waals surface area contributed by atoms with Gasteiger partial charge in [0.2, 0.25) is 0 Å². The predicted octanol–water partition coefficient (Wildman–Crippen LogP) is 5.41. The Kier molecular flexibility index (Phi) is 5.91. The highest BCUT2D eigenvalue weighted by Crippen LogP contribution is 2.56. The van der Waals surface area contributed by atoms with Gasteiger partial charge < -0.3 is 0 Å². The lowest BCUT2D eigenvalue weighted by Crippen LogP contribution is -2.44. The first-order valence-electron chi connectivity index (χ1n) is 7.62. The van der Waals surface area contributed by atoms with Crippen molar-refractivity contribution in [3.63, 3.8) is 0 Å². The second kappa shape index (κ2) is 7.38. The van der Waals surface area contributed by atoms with Crippen LogP contribution < -0.4 is 0 Å². The average molecular weight is 424 g/mol. The number of unbranched alkanes of at least 4 members (excludes halogenated alkanes) is 2. The Morgan fingerprint density at radius 3 is 2.04 bits per heavy atom. The Balaban J connectivity index is 2.95. The molecule has 3 nitrogen and oxygen atoms in total. The molecule has 152 valence electrons. The summed E-state index contributed by atoms with van der Waals surface area (Å²) in [5.74, 6) is -17.8. The van der Waals surface area contributed by atoms with Crippen molar-refractivity contribution in [1.82, 2.24) is 0 Å². The van der Waals surface area contributed by atoms with Crippen LogP contribution in [-0.4, -0.2) is 8.42 Å². The SMILES string of the molecule is CCCCCC1C(F)=C(F)c2c(F)c(F)c(F)c(F)c2C1(F)S(=O)(=O)OF. The lowest BCUT2D eigenvalue weighted by molar-refractivity contribution is -0.0160. The standard InChI is InChI=1S/C15H12F8O3S/c1-2-3-4-5-6-9(16)10(17)7-8(15(6,22)27(24,25)26-23)12(19)14(21)13(20)11(7)18/h6H,2-5H2,1H3. The zero-order valence-corrected chi connectivity index (χ0v) is 14.4. The number of rotatable bonds is 6. The molecule has 12 heteroatoms. The summed E-state index contributed by atoms with van der Waals surface area (Å²) in [4.78, 5) is 0. The van der Waals surface area contributed by atoms with Crippen LogP contribution in [0.5, 0.6) is 0 Å². The molecule has 0 fully saturated rings. The Labute approximate surface area is 148 Å². The first-order chi connectivity index (χ1) is 12.5. The molecule has 2 atom stereocenters. The number of hydrogen-bond donors (Lipinski definition) is 0. The number of hydrogen-bond acceptors (Lipinski definition) is 3. The van der Waals surface area contributed by atoms with Crippen molar-refractivity contribution in [3.8, 4) is 0 Å². The van der Waals surface area contributed by atoms with Crippen LogP contribution >= 0.6 is 0 Å². The minimum atomic E-state index is -6.22. The fraction of sp³-hybridized carbons (Fsp3) is 0.467. The molecule has 1 aliphatic rings. The molecule has 0 amide bonds. The highest BCUT2D eigenvalue weighted by atomic mass is 32.2. The van der Waals surface area contributed by atoms with Crippen molar-refractivity contribution in [1.29, 1.82) is 0 Å². The molecule has 0 spiro atoms. The third kappa shape index (κ3) is 3.02. The van der Waals surface area contributed by atoms with Crippen molar-refractivity contribution in [2.75, 3.05) is 0 Å². The second-order valence-corrected chi connectivity index (χ2v) is 7.51. The van der Waals surface area contributed by atoms with Crippen LogP contribution in [0.1, 0.15) is 43.7 Å². The van der Waals surface area contributed by atoms with Crippen molar-refractivity contribution < 1.29 is 48.1 Å². The largest absolute Gasteiger partial charge is 0.338 e. The highest BCUT2D eigenvalue weighted by molar-refractivity contribution is 7.87. The molecule has 0 heterocycles. The summed E-state index contributed by atoms with van der Waals surface area (Å²) in [6, 6.07) is 0. The maximum atomic E-state index is 15.5. The number of allylic oxidation sites excluding steroid dienone is 1. The third-order valence-electron chi connectivity index (χ3n) is 4.33. The molecule has 0 aromatic heterocycles. The molecule has 0 aliphatic heterocycles. The van der Waals surface area contributed by atoms with E-state index < -0.39 is 73.5 Å². The van der Waals surface area contributed by atoms with E-state index in [0.29, 0.717) is 6.42 Å². The molecule has 0 saturated carbocycles. The molecule has 0 saturated heterocycles. The first kappa shape index (κ1) is 21.6. The average Bonchev–Trinajstić information content (AvgIpc) is 2.63. The minimum Gasteiger partial charge on any atom is -0.217 e. The minimum absolute atomic E-state index is 0.127. The van der Waals surface area contributed by atoms with Gasteiger partial charge in [0.25, 0.3) is 5.00 Å². The Morgan fingerprint density at radius 2 is 1.52 bits per heavy atom. The number of benzene rings is 1. The topological polar surface area (TPSA) is 43.4 Å². The number of halogens is 8. The zero-order valence-electron chi connectivity index (χ0n) is 13.6. The molecule has 1 aromatic rings. The second-order valence-electron chi connectivity index (χ2n) is 5.88. The van der Waals surface area contributed by atoms with E-state index in [1.165, 1.54) is 0 Å². The van der Waals surface area contributed by atoms with E-state index in [2.05, 4.69) is 4.39 Å². The summed E-state index contributed by atoms with van der Waals surface area (Å²) < 4.78 is 138. The Hall–Kier alpha value is -1.69. The summed E-state index contributed by atoms with van der Waals surface area (Å²) in [5.41, 5.74) is -4.35. The fourth-order valence-electron chi connectivity index (χ4n) is 3.02. The van der Waals surface area contributed by atoms with Gasteiger partial charge in [0, 0.05) is 0 Å². The van der Waals surface area contributed by atoms with Gasteiger partial charge in [-0.25, -0.2) is 30.7 Å². The maximum Gasteiger partial charge on any atom is 0.338 e. The van der Waals surface area contributed by atoms with E-state index in [-0.39, 0.29) is 12.8 Å². The van der Waals surface area contributed by atoms with Crippen LogP contribution in [0.4, 0.5) is 35.3 Å². The normalized spacial score (nSPS) is 22.9. The monoisotopic (exact) mass is 424 g/mol. The van der Waals surface area contributed by atoms with Gasteiger partial charge in [-0.1, -0.05) is 30.6 Å². The lowest BCUT2D eigenvalue weighted by atomic mass is 9.81. The summed E-state index contributed by atoms with van der Waals surface area (Å²) in [6.07, 6.45) is -0.199. The van der Waals surface area contributed by atoms with E-state index in [4.69, 9.17) is 0 Å². The molecule has 0 radical (unpaired) electrons. The molecule has 1 aromatic carbocycles. The Bertz CT molecular complexity index is 899. The molecule has 2 unspecified atom stereocenters. The smallest absolute Gasteiger partial charge is 0.217 e. The van der Waals surface area contributed by atoms with Crippen molar-refractivity contribution in [3.05, 3.63) is 40.2 Å². The van der Waals surface area contributed by atoms with Gasteiger partial charge in [-0.15, -0.1) is 0 Å². The molecular weight excluding hydrogens is 412 g/mol. The van der Waals surface area contributed by atoms with Crippen LogP contribution in [-0.2, 0) is 19.5 Å². The molecule has 0 bridgehead atoms.